The summed E-state index contributed by atoms with van der Waals surface area (Å²) in [6.45, 7) is 4.62. The summed E-state index contributed by atoms with van der Waals surface area (Å²) in [5.74, 6) is 2.89. The van der Waals surface area contributed by atoms with Gasteiger partial charge in [0.2, 0.25) is 0 Å². The Bertz CT molecular complexity index is 307. The summed E-state index contributed by atoms with van der Waals surface area (Å²) in [7, 11) is 0. The van der Waals surface area contributed by atoms with Crippen molar-refractivity contribution in [2.75, 3.05) is 0 Å². The monoisotopic (exact) mass is 182 g/mol. The highest BCUT2D eigenvalue weighted by Crippen LogP contribution is 2.23. The van der Waals surface area contributed by atoms with Crippen LogP contribution in [0, 0.1) is 12.3 Å². The van der Waals surface area contributed by atoms with E-state index in [1.54, 1.807) is 10.9 Å². The second-order valence-corrected chi connectivity index (χ2v) is 3.30. The first-order chi connectivity index (χ1) is 5.66. The van der Waals surface area contributed by atoms with Gasteiger partial charge in [0.1, 0.15) is 6.54 Å². The fourth-order valence-corrected chi connectivity index (χ4v) is 1.52. The molecule has 0 saturated heterocycles. The highest BCUT2D eigenvalue weighted by Gasteiger charge is 2.11. The van der Waals surface area contributed by atoms with Crippen LogP contribution in [0.2, 0.25) is 5.02 Å². The minimum absolute atomic E-state index is 0.355. The van der Waals surface area contributed by atoms with Gasteiger partial charge in [0.05, 0.1) is 16.9 Å². The Kier molecular flexibility index (Phi) is 2.78. The van der Waals surface area contributed by atoms with E-state index in [4.69, 9.17) is 18.0 Å². The molecule has 1 heterocycles. The summed E-state index contributed by atoms with van der Waals surface area (Å²) in [5, 5.41) is 4.76. The lowest BCUT2D eigenvalue weighted by atomic mass is 10.1. The molecule has 0 spiro atoms. The number of terminal acetylenes is 1. The van der Waals surface area contributed by atoms with Gasteiger partial charge in [-0.25, -0.2) is 0 Å². The van der Waals surface area contributed by atoms with Crippen LogP contribution in [0.3, 0.4) is 0 Å². The van der Waals surface area contributed by atoms with Crippen molar-refractivity contribution in [3.05, 3.63) is 16.9 Å². The molecular formula is C9H11ClN2. The molecule has 0 amide bonds. The molecule has 1 rings (SSSR count). The lowest BCUT2D eigenvalue weighted by Crippen LogP contribution is -2.05. The van der Waals surface area contributed by atoms with Gasteiger partial charge >= 0.3 is 0 Å². The van der Waals surface area contributed by atoms with Crippen LogP contribution >= 0.6 is 11.6 Å². The van der Waals surface area contributed by atoms with Crippen molar-refractivity contribution in [1.82, 2.24) is 9.78 Å². The molecule has 0 bridgehead atoms. The number of rotatable bonds is 2. The number of hydrogen-bond donors (Lipinski definition) is 0. The van der Waals surface area contributed by atoms with Crippen LogP contribution in [0.1, 0.15) is 25.5 Å². The molecule has 64 valence electrons. The fourth-order valence-electron chi connectivity index (χ4n) is 1.16. The normalized spacial score (nSPS) is 10.2. The van der Waals surface area contributed by atoms with E-state index in [-0.39, 0.29) is 0 Å². The lowest BCUT2D eigenvalue weighted by molar-refractivity contribution is 0.636. The van der Waals surface area contributed by atoms with E-state index in [0.717, 1.165) is 5.69 Å². The Morgan fingerprint density at radius 1 is 1.75 bits per heavy atom. The molecule has 0 atom stereocenters. The molecule has 0 fully saturated rings. The molecule has 0 aliphatic carbocycles. The fraction of sp³-hybridized carbons (Fsp3) is 0.444. The Labute approximate surface area is 77.5 Å². The van der Waals surface area contributed by atoms with Crippen molar-refractivity contribution in [2.24, 2.45) is 0 Å². The summed E-state index contributed by atoms with van der Waals surface area (Å²) >= 11 is 5.92. The number of halogens is 1. The lowest BCUT2D eigenvalue weighted by Gasteiger charge is -2.07. The smallest absolute Gasteiger partial charge is 0.102 e. The maximum Gasteiger partial charge on any atom is 0.102 e. The van der Waals surface area contributed by atoms with Gasteiger partial charge in [-0.15, -0.1) is 6.42 Å². The third-order valence-corrected chi connectivity index (χ3v) is 1.91. The molecule has 0 unspecified atom stereocenters. The van der Waals surface area contributed by atoms with E-state index in [1.807, 2.05) is 0 Å². The Hall–Kier alpha value is -0.940. The molecular weight excluding hydrogens is 172 g/mol. The number of hydrogen-bond acceptors (Lipinski definition) is 1. The maximum atomic E-state index is 5.92. The average Bonchev–Trinajstić information content (AvgIpc) is 2.32. The van der Waals surface area contributed by atoms with Crippen LogP contribution in [0.4, 0.5) is 0 Å². The molecule has 0 radical (unpaired) electrons. The van der Waals surface area contributed by atoms with Crippen LogP contribution in [-0.2, 0) is 6.54 Å². The van der Waals surface area contributed by atoms with Gasteiger partial charge in [-0.3, -0.25) is 4.68 Å². The zero-order valence-electron chi connectivity index (χ0n) is 7.21. The Balaban J connectivity index is 3.05. The second kappa shape index (κ2) is 3.64. The van der Waals surface area contributed by atoms with Crippen molar-refractivity contribution in [3.63, 3.8) is 0 Å². The minimum atomic E-state index is 0.355. The zero-order chi connectivity index (χ0) is 9.14. The van der Waals surface area contributed by atoms with Crippen molar-refractivity contribution in [1.29, 1.82) is 0 Å². The zero-order valence-corrected chi connectivity index (χ0v) is 7.97. The van der Waals surface area contributed by atoms with Crippen LogP contribution in [0.25, 0.3) is 0 Å². The maximum absolute atomic E-state index is 5.92. The van der Waals surface area contributed by atoms with Gasteiger partial charge in [0, 0.05) is 0 Å². The third kappa shape index (κ3) is 1.62. The van der Waals surface area contributed by atoms with E-state index in [0.29, 0.717) is 17.5 Å². The van der Waals surface area contributed by atoms with Crippen molar-refractivity contribution in [2.45, 2.75) is 26.3 Å². The first-order valence-corrected chi connectivity index (χ1v) is 4.19. The topological polar surface area (TPSA) is 17.8 Å². The van der Waals surface area contributed by atoms with E-state index >= 15 is 0 Å². The van der Waals surface area contributed by atoms with Gasteiger partial charge < -0.3 is 0 Å². The summed E-state index contributed by atoms with van der Waals surface area (Å²) in [6, 6.07) is 0. The first kappa shape index (κ1) is 9.15. The molecule has 0 aromatic carbocycles. The summed E-state index contributed by atoms with van der Waals surface area (Å²) < 4.78 is 1.76. The highest BCUT2D eigenvalue weighted by molar-refractivity contribution is 6.31. The van der Waals surface area contributed by atoms with Crippen LogP contribution in [0.15, 0.2) is 6.20 Å². The molecule has 0 aliphatic rings. The second-order valence-electron chi connectivity index (χ2n) is 2.89. The van der Waals surface area contributed by atoms with Gasteiger partial charge in [0.25, 0.3) is 0 Å². The van der Waals surface area contributed by atoms with Gasteiger partial charge in [-0.1, -0.05) is 31.4 Å². The molecule has 0 saturated carbocycles. The average molecular weight is 183 g/mol. The van der Waals surface area contributed by atoms with Crippen LogP contribution < -0.4 is 0 Å². The summed E-state index contributed by atoms with van der Waals surface area (Å²) in [6.07, 6.45) is 6.82. The van der Waals surface area contributed by atoms with Gasteiger partial charge in [-0.05, 0) is 5.92 Å². The molecule has 3 heteroatoms. The van der Waals surface area contributed by atoms with E-state index in [2.05, 4.69) is 24.9 Å². The number of nitrogens with zero attached hydrogens (tertiary/aromatic N) is 2. The molecule has 1 aromatic rings. The van der Waals surface area contributed by atoms with Crippen LogP contribution in [-0.4, -0.2) is 9.78 Å². The van der Waals surface area contributed by atoms with Crippen molar-refractivity contribution >= 4 is 11.6 Å². The molecule has 1 aromatic heterocycles. The highest BCUT2D eigenvalue weighted by atomic mass is 35.5. The Morgan fingerprint density at radius 2 is 2.42 bits per heavy atom. The molecule has 0 N–H and O–H groups in total. The minimum Gasteiger partial charge on any atom is -0.256 e. The number of aromatic nitrogens is 2. The predicted molar refractivity (Wildman–Crippen MR) is 50.2 cm³/mol. The van der Waals surface area contributed by atoms with Crippen molar-refractivity contribution in [3.8, 4) is 12.3 Å². The van der Waals surface area contributed by atoms with E-state index in [9.17, 15) is 0 Å². The van der Waals surface area contributed by atoms with Crippen LogP contribution in [0.5, 0.6) is 0 Å². The first-order valence-electron chi connectivity index (χ1n) is 3.81. The van der Waals surface area contributed by atoms with E-state index < -0.39 is 0 Å². The Morgan fingerprint density at radius 3 is 2.92 bits per heavy atom. The predicted octanol–water partition coefficient (Wildman–Crippen LogP) is 2.29. The summed E-state index contributed by atoms with van der Waals surface area (Å²) in [4.78, 5) is 0. The molecule has 0 aliphatic heterocycles. The standard InChI is InChI=1S/C9H11ClN2/c1-4-5-12-9(7(2)3)8(10)6-11-12/h1,6-7H,5H2,2-3H3. The summed E-state index contributed by atoms with van der Waals surface area (Å²) in [5.41, 5.74) is 1.01. The van der Waals surface area contributed by atoms with E-state index in [1.165, 1.54) is 0 Å². The largest absolute Gasteiger partial charge is 0.256 e. The SMILES string of the molecule is C#CCn1ncc(Cl)c1C(C)C. The van der Waals surface area contributed by atoms with Crippen molar-refractivity contribution < 1.29 is 0 Å². The molecule has 2 nitrogen and oxygen atoms in total. The molecule has 12 heavy (non-hydrogen) atoms. The van der Waals surface area contributed by atoms with Gasteiger partial charge in [-0.2, -0.15) is 5.10 Å². The van der Waals surface area contributed by atoms with Gasteiger partial charge in [0.15, 0.2) is 0 Å². The quantitative estimate of drug-likeness (QED) is 0.642. The third-order valence-electron chi connectivity index (χ3n) is 1.62.